The molecule has 0 aromatic heterocycles. The largest absolute Gasteiger partial charge is 0.505 e. The average Bonchev–Trinajstić information content (AvgIpc) is 2.34. The van der Waals surface area contributed by atoms with Gasteiger partial charge in [0.2, 0.25) is 0 Å². The monoisotopic (exact) mass is 238 g/mol. The summed E-state index contributed by atoms with van der Waals surface area (Å²) in [6.07, 6.45) is 4.46. The summed E-state index contributed by atoms with van der Waals surface area (Å²) in [6.45, 7) is 2.95. The third-order valence-electron chi connectivity index (χ3n) is 3.41. The van der Waals surface area contributed by atoms with Gasteiger partial charge in [-0.1, -0.05) is 19.4 Å². The first-order valence-electron chi connectivity index (χ1n) is 6.30. The van der Waals surface area contributed by atoms with E-state index in [0.717, 1.165) is 25.0 Å². The summed E-state index contributed by atoms with van der Waals surface area (Å²) in [5.41, 5.74) is 0.829. The van der Waals surface area contributed by atoms with Crippen molar-refractivity contribution in [3.63, 3.8) is 0 Å². The fourth-order valence-corrected chi connectivity index (χ4v) is 2.43. The third kappa shape index (κ3) is 2.97. The van der Waals surface area contributed by atoms with E-state index in [1.54, 1.807) is 6.07 Å². The minimum Gasteiger partial charge on any atom is -0.505 e. The molecule has 1 fully saturated rings. The van der Waals surface area contributed by atoms with Crippen LogP contribution in [0.1, 0.15) is 44.3 Å². The van der Waals surface area contributed by atoms with E-state index in [4.69, 9.17) is 9.84 Å². The van der Waals surface area contributed by atoms with Gasteiger partial charge in [-0.05, 0) is 42.9 Å². The molecule has 1 aromatic carbocycles. The fourth-order valence-electron chi connectivity index (χ4n) is 2.43. The molecule has 1 aliphatic heterocycles. The Morgan fingerprint density at radius 1 is 1.41 bits per heavy atom. The predicted molar refractivity (Wildman–Crippen MR) is 64.4 cm³/mol. The van der Waals surface area contributed by atoms with Crippen molar-refractivity contribution in [2.24, 2.45) is 5.92 Å². The van der Waals surface area contributed by atoms with Crippen LogP contribution in [-0.4, -0.2) is 11.7 Å². The third-order valence-corrected chi connectivity index (χ3v) is 3.41. The highest BCUT2D eigenvalue weighted by Crippen LogP contribution is 2.33. The number of hydrogen-bond donors (Lipinski definition) is 1. The van der Waals surface area contributed by atoms with E-state index < -0.39 is 5.82 Å². The fraction of sp³-hybridized carbons (Fsp3) is 0.571. The van der Waals surface area contributed by atoms with Crippen LogP contribution in [0.15, 0.2) is 18.2 Å². The van der Waals surface area contributed by atoms with Gasteiger partial charge >= 0.3 is 0 Å². The molecule has 0 aliphatic carbocycles. The van der Waals surface area contributed by atoms with Crippen molar-refractivity contribution in [1.29, 1.82) is 0 Å². The Morgan fingerprint density at radius 2 is 2.24 bits per heavy atom. The highest BCUT2D eigenvalue weighted by Gasteiger charge is 2.22. The summed E-state index contributed by atoms with van der Waals surface area (Å²) in [5, 5.41) is 9.14. The molecular weight excluding hydrogens is 219 g/mol. The molecule has 0 bridgehead atoms. The molecular formula is C14H19FO2. The molecule has 3 heteroatoms. The van der Waals surface area contributed by atoms with Crippen molar-refractivity contribution in [3.8, 4) is 5.75 Å². The molecule has 2 atom stereocenters. The van der Waals surface area contributed by atoms with E-state index in [-0.39, 0.29) is 11.9 Å². The van der Waals surface area contributed by atoms with Gasteiger partial charge in [0.25, 0.3) is 0 Å². The second-order valence-electron chi connectivity index (χ2n) is 4.76. The Kier molecular flexibility index (Phi) is 4.00. The number of phenolic OH excluding ortho intramolecular Hbond substituents is 1. The van der Waals surface area contributed by atoms with E-state index in [1.165, 1.54) is 25.0 Å². The molecule has 1 heterocycles. The van der Waals surface area contributed by atoms with Gasteiger partial charge in [-0.25, -0.2) is 4.39 Å². The number of phenols is 1. The summed E-state index contributed by atoms with van der Waals surface area (Å²) in [5.74, 6) is -0.214. The molecule has 1 N–H and O–H groups in total. The van der Waals surface area contributed by atoms with Gasteiger partial charge < -0.3 is 9.84 Å². The minimum absolute atomic E-state index is 0.0155. The Balaban J connectivity index is 1.98. The zero-order valence-corrected chi connectivity index (χ0v) is 10.2. The average molecular weight is 238 g/mol. The number of rotatable bonds is 3. The maximum Gasteiger partial charge on any atom is 0.165 e. The minimum atomic E-state index is -0.568. The van der Waals surface area contributed by atoms with Gasteiger partial charge in [-0.3, -0.25) is 0 Å². The van der Waals surface area contributed by atoms with Crippen molar-refractivity contribution in [2.45, 2.75) is 38.7 Å². The van der Waals surface area contributed by atoms with Gasteiger partial charge in [-0.15, -0.1) is 0 Å². The highest BCUT2D eigenvalue weighted by atomic mass is 19.1. The number of benzene rings is 1. The smallest absolute Gasteiger partial charge is 0.165 e. The SMILES string of the molecule is CCC[C@@H]1CC[C@@H](c2ccc(O)c(F)c2)OC1. The Hall–Kier alpha value is -1.09. The summed E-state index contributed by atoms with van der Waals surface area (Å²) in [6, 6.07) is 4.51. The molecule has 0 amide bonds. The first kappa shape index (κ1) is 12.4. The number of hydrogen-bond acceptors (Lipinski definition) is 2. The van der Waals surface area contributed by atoms with Crippen LogP contribution >= 0.6 is 0 Å². The molecule has 1 saturated heterocycles. The molecule has 17 heavy (non-hydrogen) atoms. The van der Waals surface area contributed by atoms with Crippen molar-refractivity contribution < 1.29 is 14.2 Å². The zero-order valence-electron chi connectivity index (χ0n) is 10.2. The molecule has 1 aliphatic rings. The standard InChI is InChI=1S/C14H19FO2/c1-2-3-10-4-7-14(17-9-10)11-5-6-13(16)12(15)8-11/h5-6,8,10,14,16H,2-4,7,9H2,1H3/t10-,14+/m1/s1. The van der Waals surface area contributed by atoms with Gasteiger partial charge in [0, 0.05) is 0 Å². The van der Waals surface area contributed by atoms with Crippen molar-refractivity contribution in [2.75, 3.05) is 6.61 Å². The van der Waals surface area contributed by atoms with Crippen molar-refractivity contribution in [1.82, 2.24) is 0 Å². The Morgan fingerprint density at radius 3 is 2.82 bits per heavy atom. The number of aromatic hydroxyl groups is 1. The van der Waals surface area contributed by atoms with Gasteiger partial charge in [0.15, 0.2) is 11.6 Å². The normalized spacial score (nSPS) is 24.8. The molecule has 0 saturated carbocycles. The van der Waals surface area contributed by atoms with Crippen LogP contribution < -0.4 is 0 Å². The van der Waals surface area contributed by atoms with Crippen LogP contribution in [0, 0.1) is 11.7 Å². The van der Waals surface area contributed by atoms with Gasteiger partial charge in [0.1, 0.15) is 0 Å². The van der Waals surface area contributed by atoms with Gasteiger partial charge in [0.05, 0.1) is 12.7 Å². The lowest BCUT2D eigenvalue weighted by atomic mass is 9.92. The highest BCUT2D eigenvalue weighted by molar-refractivity contribution is 5.29. The quantitative estimate of drug-likeness (QED) is 0.867. The topological polar surface area (TPSA) is 29.5 Å². The van der Waals surface area contributed by atoms with Crippen LogP contribution in [0.2, 0.25) is 0 Å². The van der Waals surface area contributed by atoms with Crippen molar-refractivity contribution >= 4 is 0 Å². The number of ether oxygens (including phenoxy) is 1. The van der Waals surface area contributed by atoms with Crippen LogP contribution in [0.3, 0.4) is 0 Å². The van der Waals surface area contributed by atoms with Crippen LogP contribution in [0.5, 0.6) is 5.75 Å². The molecule has 2 rings (SSSR count). The Labute approximate surface area is 101 Å². The van der Waals surface area contributed by atoms with E-state index >= 15 is 0 Å². The van der Waals surface area contributed by atoms with E-state index in [1.807, 2.05) is 0 Å². The summed E-state index contributed by atoms with van der Waals surface area (Å²) >= 11 is 0. The lowest BCUT2D eigenvalue weighted by Gasteiger charge is -2.29. The molecule has 2 nitrogen and oxygen atoms in total. The molecule has 94 valence electrons. The zero-order chi connectivity index (χ0) is 12.3. The first-order chi connectivity index (χ1) is 8.20. The molecule has 0 unspecified atom stereocenters. The number of halogens is 1. The maximum absolute atomic E-state index is 13.2. The van der Waals surface area contributed by atoms with Crippen LogP contribution in [-0.2, 0) is 4.74 Å². The lowest BCUT2D eigenvalue weighted by molar-refractivity contribution is -0.0196. The maximum atomic E-state index is 13.2. The van der Waals surface area contributed by atoms with Crippen molar-refractivity contribution in [3.05, 3.63) is 29.6 Å². The predicted octanol–water partition coefficient (Wildman–Crippen LogP) is 3.80. The second-order valence-corrected chi connectivity index (χ2v) is 4.76. The first-order valence-corrected chi connectivity index (χ1v) is 6.30. The summed E-state index contributed by atoms with van der Waals surface area (Å²) in [4.78, 5) is 0. The van der Waals surface area contributed by atoms with E-state index in [9.17, 15) is 4.39 Å². The molecule has 0 spiro atoms. The van der Waals surface area contributed by atoms with E-state index in [0.29, 0.717) is 5.92 Å². The van der Waals surface area contributed by atoms with Crippen LogP contribution in [0.4, 0.5) is 4.39 Å². The summed E-state index contributed by atoms with van der Waals surface area (Å²) < 4.78 is 19.0. The van der Waals surface area contributed by atoms with Crippen LogP contribution in [0.25, 0.3) is 0 Å². The summed E-state index contributed by atoms with van der Waals surface area (Å²) in [7, 11) is 0. The van der Waals surface area contributed by atoms with E-state index in [2.05, 4.69) is 6.92 Å². The lowest BCUT2D eigenvalue weighted by Crippen LogP contribution is -2.20. The Bertz CT molecular complexity index is 370. The molecule has 0 radical (unpaired) electrons. The van der Waals surface area contributed by atoms with Gasteiger partial charge in [-0.2, -0.15) is 0 Å². The molecule has 1 aromatic rings. The second kappa shape index (κ2) is 5.50.